The number of ether oxygens (including phenoxy) is 1. The molecule has 1 aromatic rings. The molecule has 18 heavy (non-hydrogen) atoms. The molecule has 1 aliphatic heterocycles. The summed E-state index contributed by atoms with van der Waals surface area (Å²) in [5.41, 5.74) is 6.72. The molecule has 98 valence electrons. The van der Waals surface area contributed by atoms with E-state index in [0.717, 1.165) is 28.8 Å². The molecule has 0 aliphatic carbocycles. The average Bonchev–Trinajstić information content (AvgIpc) is 2.78. The summed E-state index contributed by atoms with van der Waals surface area (Å²) in [6, 6.07) is 5.83. The molecule has 0 radical (unpaired) electrons. The third-order valence-corrected chi connectivity index (χ3v) is 3.66. The van der Waals surface area contributed by atoms with E-state index in [-0.39, 0.29) is 11.9 Å². The number of hydrogen-bond acceptors (Lipinski definition) is 3. The maximum atomic E-state index is 12.1. The summed E-state index contributed by atoms with van der Waals surface area (Å²) < 4.78 is 6.23. The van der Waals surface area contributed by atoms with Crippen LogP contribution in [0, 0.1) is 0 Å². The molecule has 0 saturated carbocycles. The van der Waals surface area contributed by atoms with E-state index in [1.807, 2.05) is 23.1 Å². The molecule has 1 amide bonds. The van der Waals surface area contributed by atoms with E-state index in [2.05, 4.69) is 15.9 Å². The highest BCUT2D eigenvalue weighted by Gasteiger charge is 2.24. The molecule has 0 aromatic heterocycles. The van der Waals surface area contributed by atoms with Gasteiger partial charge in [0.2, 0.25) is 5.91 Å². The average molecular weight is 313 g/mol. The van der Waals surface area contributed by atoms with Crippen molar-refractivity contribution in [1.82, 2.24) is 4.90 Å². The van der Waals surface area contributed by atoms with Crippen molar-refractivity contribution in [2.75, 3.05) is 20.2 Å². The molecule has 1 saturated heterocycles. The van der Waals surface area contributed by atoms with Crippen LogP contribution in [0.5, 0.6) is 5.75 Å². The van der Waals surface area contributed by atoms with Gasteiger partial charge in [-0.25, -0.2) is 0 Å². The number of rotatable bonds is 3. The number of likely N-dealkylation sites (tertiary alicyclic amines) is 1. The van der Waals surface area contributed by atoms with E-state index in [4.69, 9.17) is 10.5 Å². The van der Waals surface area contributed by atoms with E-state index < -0.39 is 0 Å². The van der Waals surface area contributed by atoms with Crippen molar-refractivity contribution in [3.63, 3.8) is 0 Å². The maximum Gasteiger partial charge on any atom is 0.227 e. The van der Waals surface area contributed by atoms with Gasteiger partial charge in [-0.2, -0.15) is 0 Å². The first-order chi connectivity index (χ1) is 8.60. The molecule has 1 fully saturated rings. The number of benzene rings is 1. The van der Waals surface area contributed by atoms with Crippen LogP contribution >= 0.6 is 15.9 Å². The first-order valence-electron chi connectivity index (χ1n) is 5.96. The number of nitrogens with zero attached hydrogens (tertiary/aromatic N) is 1. The summed E-state index contributed by atoms with van der Waals surface area (Å²) in [6.07, 6.45) is 1.26. The minimum atomic E-state index is 0.114. The fraction of sp³-hybridized carbons (Fsp3) is 0.462. The van der Waals surface area contributed by atoms with Crippen LogP contribution < -0.4 is 10.5 Å². The summed E-state index contributed by atoms with van der Waals surface area (Å²) in [4.78, 5) is 13.9. The summed E-state index contributed by atoms with van der Waals surface area (Å²) >= 11 is 3.39. The van der Waals surface area contributed by atoms with Crippen molar-refractivity contribution in [3.8, 4) is 5.75 Å². The number of carbonyl (C=O) groups excluding carboxylic acids is 1. The second kappa shape index (κ2) is 5.71. The zero-order valence-corrected chi connectivity index (χ0v) is 11.9. The molecule has 5 heteroatoms. The van der Waals surface area contributed by atoms with Crippen LogP contribution in [0.4, 0.5) is 0 Å². The largest absolute Gasteiger partial charge is 0.496 e. The summed E-state index contributed by atoms with van der Waals surface area (Å²) in [5.74, 6) is 0.852. The molecule has 2 rings (SSSR count). The Balaban J connectivity index is 2.07. The molecule has 4 nitrogen and oxygen atoms in total. The summed E-state index contributed by atoms with van der Waals surface area (Å²) in [5, 5.41) is 0. The van der Waals surface area contributed by atoms with E-state index in [9.17, 15) is 4.79 Å². The van der Waals surface area contributed by atoms with Crippen molar-refractivity contribution >= 4 is 21.8 Å². The number of methoxy groups -OCH3 is 1. The van der Waals surface area contributed by atoms with Crippen LogP contribution in [0.25, 0.3) is 0 Å². The van der Waals surface area contributed by atoms with Crippen LogP contribution in [-0.4, -0.2) is 37.0 Å². The lowest BCUT2D eigenvalue weighted by molar-refractivity contribution is -0.129. The SMILES string of the molecule is COc1cc(Br)ccc1CC(=O)N1CC[C@@H](N)C1. The van der Waals surface area contributed by atoms with Crippen LogP contribution in [-0.2, 0) is 11.2 Å². The van der Waals surface area contributed by atoms with Crippen LogP contribution in [0.1, 0.15) is 12.0 Å². The standard InChI is InChI=1S/C13H17BrN2O2/c1-18-12-7-10(14)3-2-9(12)6-13(17)16-5-4-11(15)8-16/h2-3,7,11H,4-6,8,15H2,1H3/t11-/m1/s1. The van der Waals surface area contributed by atoms with Gasteiger partial charge in [-0.05, 0) is 18.6 Å². The van der Waals surface area contributed by atoms with Gasteiger partial charge in [0.15, 0.2) is 0 Å². The number of halogens is 1. The second-order valence-electron chi connectivity index (χ2n) is 4.52. The maximum absolute atomic E-state index is 12.1. The van der Waals surface area contributed by atoms with E-state index in [1.165, 1.54) is 0 Å². The van der Waals surface area contributed by atoms with Gasteiger partial charge in [0.25, 0.3) is 0 Å². The predicted octanol–water partition coefficient (Wildman–Crippen LogP) is 1.56. The third kappa shape index (κ3) is 3.03. The number of amides is 1. The Labute approximate surface area is 115 Å². The number of hydrogen-bond donors (Lipinski definition) is 1. The third-order valence-electron chi connectivity index (χ3n) is 3.17. The predicted molar refractivity (Wildman–Crippen MR) is 73.6 cm³/mol. The van der Waals surface area contributed by atoms with Crippen molar-refractivity contribution in [3.05, 3.63) is 28.2 Å². The Kier molecular flexibility index (Phi) is 4.24. The molecular formula is C13H17BrN2O2. The zero-order chi connectivity index (χ0) is 13.1. The minimum Gasteiger partial charge on any atom is -0.496 e. The first-order valence-corrected chi connectivity index (χ1v) is 6.75. The van der Waals surface area contributed by atoms with Crippen molar-refractivity contribution in [2.24, 2.45) is 5.73 Å². The van der Waals surface area contributed by atoms with E-state index in [0.29, 0.717) is 13.0 Å². The summed E-state index contributed by atoms with van der Waals surface area (Å²) in [7, 11) is 1.61. The highest BCUT2D eigenvalue weighted by Crippen LogP contribution is 2.24. The van der Waals surface area contributed by atoms with Crippen LogP contribution in [0.3, 0.4) is 0 Å². The van der Waals surface area contributed by atoms with Crippen LogP contribution in [0.15, 0.2) is 22.7 Å². The first kappa shape index (κ1) is 13.4. The summed E-state index contributed by atoms with van der Waals surface area (Å²) in [6.45, 7) is 1.43. The smallest absolute Gasteiger partial charge is 0.227 e. The zero-order valence-electron chi connectivity index (χ0n) is 10.4. The fourth-order valence-corrected chi connectivity index (χ4v) is 2.49. The highest BCUT2D eigenvalue weighted by atomic mass is 79.9. The fourth-order valence-electron chi connectivity index (χ4n) is 2.15. The van der Waals surface area contributed by atoms with Gasteiger partial charge in [-0.15, -0.1) is 0 Å². The molecule has 1 aromatic carbocycles. The van der Waals surface area contributed by atoms with Crippen molar-refractivity contribution in [1.29, 1.82) is 0 Å². The number of nitrogens with two attached hydrogens (primary N) is 1. The lowest BCUT2D eigenvalue weighted by Gasteiger charge is -2.16. The highest BCUT2D eigenvalue weighted by molar-refractivity contribution is 9.10. The molecule has 1 atom stereocenters. The molecule has 1 aliphatic rings. The quantitative estimate of drug-likeness (QED) is 0.921. The van der Waals surface area contributed by atoms with E-state index in [1.54, 1.807) is 7.11 Å². The molecular weight excluding hydrogens is 296 g/mol. The number of carbonyl (C=O) groups is 1. The molecule has 0 spiro atoms. The Morgan fingerprint density at radius 1 is 1.61 bits per heavy atom. The minimum absolute atomic E-state index is 0.114. The topological polar surface area (TPSA) is 55.6 Å². The Morgan fingerprint density at radius 2 is 2.39 bits per heavy atom. The van der Waals surface area contributed by atoms with Gasteiger partial charge < -0.3 is 15.4 Å². The van der Waals surface area contributed by atoms with Gasteiger partial charge in [-0.3, -0.25) is 4.79 Å². The Hall–Kier alpha value is -1.07. The Morgan fingerprint density at radius 3 is 3.00 bits per heavy atom. The molecule has 0 unspecified atom stereocenters. The Bertz CT molecular complexity index is 451. The lowest BCUT2D eigenvalue weighted by atomic mass is 10.1. The molecule has 0 bridgehead atoms. The van der Waals surface area contributed by atoms with Crippen molar-refractivity contribution in [2.45, 2.75) is 18.9 Å². The van der Waals surface area contributed by atoms with Gasteiger partial charge in [0.1, 0.15) is 5.75 Å². The van der Waals surface area contributed by atoms with E-state index >= 15 is 0 Å². The van der Waals surface area contributed by atoms with Gasteiger partial charge >= 0.3 is 0 Å². The molecule has 1 heterocycles. The lowest BCUT2D eigenvalue weighted by Crippen LogP contribution is -2.33. The normalized spacial score (nSPS) is 19.1. The van der Waals surface area contributed by atoms with Crippen molar-refractivity contribution < 1.29 is 9.53 Å². The second-order valence-corrected chi connectivity index (χ2v) is 5.44. The monoisotopic (exact) mass is 312 g/mol. The van der Waals surface area contributed by atoms with Gasteiger partial charge in [0.05, 0.1) is 13.5 Å². The van der Waals surface area contributed by atoms with Crippen LogP contribution in [0.2, 0.25) is 0 Å². The molecule has 2 N–H and O–H groups in total. The van der Waals surface area contributed by atoms with Gasteiger partial charge in [-0.1, -0.05) is 22.0 Å². The van der Waals surface area contributed by atoms with Gasteiger partial charge in [0, 0.05) is 29.2 Å².